The Morgan fingerprint density at radius 2 is 2.08 bits per heavy atom. The second-order valence-corrected chi connectivity index (χ2v) is 6.32. The zero-order valence-electron chi connectivity index (χ0n) is 13.9. The number of benzene rings is 1. The van der Waals surface area contributed by atoms with E-state index in [2.05, 4.69) is 12.0 Å². The Morgan fingerprint density at radius 1 is 1.38 bits per heavy atom. The van der Waals surface area contributed by atoms with E-state index in [0.29, 0.717) is 31.1 Å². The number of amides is 1. The Morgan fingerprint density at radius 3 is 2.67 bits per heavy atom. The van der Waals surface area contributed by atoms with Crippen LogP contribution < -0.4 is 10.5 Å². The van der Waals surface area contributed by atoms with Crippen molar-refractivity contribution in [2.75, 3.05) is 26.7 Å². The standard InChI is InChI=1S/C17H22N4O2.ClH/c1-17(11-18)8-9-20(12-17)16(22)15-14(23-2)10-21(19-15)13-6-4-3-5-7-13;/h3-7,10H,8-9,11-12,18H2,1-2H3;1H. The normalized spacial score (nSPS) is 19.9. The van der Waals surface area contributed by atoms with E-state index in [1.807, 2.05) is 35.2 Å². The minimum atomic E-state index is -0.103. The van der Waals surface area contributed by atoms with Gasteiger partial charge in [-0.2, -0.15) is 5.10 Å². The van der Waals surface area contributed by atoms with E-state index in [9.17, 15) is 4.79 Å². The summed E-state index contributed by atoms with van der Waals surface area (Å²) in [7, 11) is 1.55. The van der Waals surface area contributed by atoms with Crippen LogP contribution in [0.4, 0.5) is 0 Å². The molecule has 1 aromatic carbocycles. The minimum Gasteiger partial charge on any atom is -0.493 e. The number of likely N-dealkylation sites (tertiary alicyclic amines) is 1. The molecule has 1 unspecified atom stereocenters. The van der Waals surface area contributed by atoms with E-state index in [1.54, 1.807) is 18.0 Å². The first-order valence-electron chi connectivity index (χ1n) is 7.75. The summed E-state index contributed by atoms with van der Waals surface area (Å²) in [5.41, 5.74) is 7.05. The van der Waals surface area contributed by atoms with E-state index < -0.39 is 0 Å². The third-order valence-electron chi connectivity index (χ3n) is 4.46. The summed E-state index contributed by atoms with van der Waals surface area (Å²) in [6.07, 6.45) is 2.65. The van der Waals surface area contributed by atoms with Crippen LogP contribution in [0.25, 0.3) is 5.69 Å². The Kier molecular flexibility index (Phi) is 5.51. The number of halogens is 1. The molecule has 1 aromatic heterocycles. The van der Waals surface area contributed by atoms with Crippen LogP contribution in [0.5, 0.6) is 5.75 Å². The van der Waals surface area contributed by atoms with Crippen molar-refractivity contribution in [3.8, 4) is 11.4 Å². The van der Waals surface area contributed by atoms with Crippen molar-refractivity contribution in [2.24, 2.45) is 11.1 Å². The summed E-state index contributed by atoms with van der Waals surface area (Å²) < 4.78 is 7.02. The number of para-hydroxylation sites is 1. The average Bonchev–Trinajstić information content (AvgIpc) is 3.19. The number of nitrogens with two attached hydrogens (primary N) is 1. The number of rotatable bonds is 4. The molecule has 3 rings (SSSR count). The predicted octanol–water partition coefficient (Wildman–Crippen LogP) is 2.11. The van der Waals surface area contributed by atoms with E-state index >= 15 is 0 Å². The van der Waals surface area contributed by atoms with Crippen molar-refractivity contribution in [3.05, 3.63) is 42.2 Å². The Balaban J connectivity index is 0.00000208. The first-order chi connectivity index (χ1) is 11.1. The van der Waals surface area contributed by atoms with E-state index in [0.717, 1.165) is 12.1 Å². The van der Waals surface area contributed by atoms with Crippen molar-refractivity contribution in [2.45, 2.75) is 13.3 Å². The summed E-state index contributed by atoms with van der Waals surface area (Å²) in [5, 5.41) is 4.44. The number of methoxy groups -OCH3 is 1. The second kappa shape index (κ2) is 7.23. The molecular weight excluding hydrogens is 328 g/mol. The first-order valence-corrected chi connectivity index (χ1v) is 7.75. The highest BCUT2D eigenvalue weighted by Crippen LogP contribution is 2.31. The predicted molar refractivity (Wildman–Crippen MR) is 95.0 cm³/mol. The van der Waals surface area contributed by atoms with Crippen LogP contribution in [0.1, 0.15) is 23.8 Å². The zero-order chi connectivity index (χ0) is 16.4. The molecule has 1 saturated heterocycles. The summed E-state index contributed by atoms with van der Waals surface area (Å²) >= 11 is 0. The molecule has 0 radical (unpaired) electrons. The molecular formula is C17H23ClN4O2. The lowest BCUT2D eigenvalue weighted by Gasteiger charge is -2.22. The van der Waals surface area contributed by atoms with Crippen molar-refractivity contribution >= 4 is 18.3 Å². The quantitative estimate of drug-likeness (QED) is 0.916. The van der Waals surface area contributed by atoms with Crippen molar-refractivity contribution in [3.63, 3.8) is 0 Å². The maximum absolute atomic E-state index is 12.8. The molecule has 7 heteroatoms. The summed E-state index contributed by atoms with van der Waals surface area (Å²) in [4.78, 5) is 14.6. The van der Waals surface area contributed by atoms with Gasteiger partial charge in [-0.1, -0.05) is 25.1 Å². The monoisotopic (exact) mass is 350 g/mol. The first kappa shape index (κ1) is 18.3. The Bertz CT molecular complexity index is 704. The van der Waals surface area contributed by atoms with Gasteiger partial charge < -0.3 is 15.4 Å². The molecule has 0 aliphatic carbocycles. The van der Waals surface area contributed by atoms with Crippen LogP contribution in [0, 0.1) is 5.41 Å². The molecule has 1 aliphatic rings. The van der Waals surface area contributed by atoms with Gasteiger partial charge in [-0.25, -0.2) is 4.68 Å². The topological polar surface area (TPSA) is 73.4 Å². The van der Waals surface area contributed by atoms with E-state index in [1.165, 1.54) is 0 Å². The molecule has 0 spiro atoms. The highest BCUT2D eigenvalue weighted by Gasteiger charge is 2.36. The van der Waals surface area contributed by atoms with Crippen LogP contribution in [0.3, 0.4) is 0 Å². The number of nitrogens with zero attached hydrogens (tertiary/aromatic N) is 3. The molecule has 2 heterocycles. The van der Waals surface area contributed by atoms with Gasteiger partial charge in [0.05, 0.1) is 19.0 Å². The molecule has 1 fully saturated rings. The smallest absolute Gasteiger partial charge is 0.278 e. The van der Waals surface area contributed by atoms with Gasteiger partial charge in [0.1, 0.15) is 0 Å². The van der Waals surface area contributed by atoms with Gasteiger partial charge in [0, 0.05) is 13.1 Å². The number of hydrogen-bond donors (Lipinski definition) is 1. The minimum absolute atomic E-state index is 0. The number of aromatic nitrogens is 2. The fourth-order valence-electron chi connectivity index (χ4n) is 2.88. The largest absolute Gasteiger partial charge is 0.493 e. The van der Waals surface area contributed by atoms with Gasteiger partial charge in [-0.05, 0) is 30.5 Å². The molecule has 0 bridgehead atoms. The number of carbonyl (C=O) groups is 1. The highest BCUT2D eigenvalue weighted by atomic mass is 35.5. The molecule has 6 nitrogen and oxygen atoms in total. The van der Waals surface area contributed by atoms with Crippen LogP contribution >= 0.6 is 12.4 Å². The second-order valence-electron chi connectivity index (χ2n) is 6.32. The van der Waals surface area contributed by atoms with Crippen LogP contribution in [-0.2, 0) is 0 Å². The highest BCUT2D eigenvalue weighted by molar-refractivity contribution is 5.95. The van der Waals surface area contributed by atoms with Crippen molar-refractivity contribution in [1.82, 2.24) is 14.7 Å². The van der Waals surface area contributed by atoms with Gasteiger partial charge in [-0.15, -0.1) is 12.4 Å². The van der Waals surface area contributed by atoms with Gasteiger partial charge in [-0.3, -0.25) is 4.79 Å². The molecule has 2 N–H and O–H groups in total. The third-order valence-corrected chi connectivity index (χ3v) is 4.46. The lowest BCUT2D eigenvalue weighted by molar-refractivity contribution is 0.0767. The van der Waals surface area contributed by atoms with Gasteiger partial charge in [0.25, 0.3) is 5.91 Å². The molecule has 130 valence electrons. The summed E-state index contributed by atoms with van der Waals surface area (Å²) in [6, 6.07) is 9.66. The summed E-state index contributed by atoms with van der Waals surface area (Å²) in [6.45, 7) is 4.05. The van der Waals surface area contributed by atoms with Gasteiger partial charge in [0.2, 0.25) is 0 Å². The van der Waals surface area contributed by atoms with Gasteiger partial charge in [0.15, 0.2) is 11.4 Å². The molecule has 0 saturated carbocycles. The summed E-state index contributed by atoms with van der Waals surface area (Å²) in [5.74, 6) is 0.383. The van der Waals surface area contributed by atoms with Crippen molar-refractivity contribution < 1.29 is 9.53 Å². The fraction of sp³-hybridized carbons (Fsp3) is 0.412. The van der Waals surface area contributed by atoms with E-state index in [-0.39, 0.29) is 23.7 Å². The average molecular weight is 351 g/mol. The lowest BCUT2D eigenvalue weighted by atomic mass is 9.90. The molecule has 1 atom stereocenters. The molecule has 1 amide bonds. The molecule has 2 aromatic rings. The SMILES string of the molecule is COc1cn(-c2ccccc2)nc1C(=O)N1CCC(C)(CN)C1.Cl. The molecule has 24 heavy (non-hydrogen) atoms. The maximum Gasteiger partial charge on any atom is 0.278 e. The molecule has 1 aliphatic heterocycles. The van der Waals surface area contributed by atoms with E-state index in [4.69, 9.17) is 10.5 Å². The Labute approximate surface area is 148 Å². The number of hydrogen-bond acceptors (Lipinski definition) is 4. The van der Waals surface area contributed by atoms with Crippen LogP contribution in [0.15, 0.2) is 36.5 Å². The maximum atomic E-state index is 12.8. The van der Waals surface area contributed by atoms with Crippen LogP contribution in [-0.4, -0.2) is 47.3 Å². The number of carbonyl (C=O) groups excluding carboxylic acids is 1. The van der Waals surface area contributed by atoms with Crippen molar-refractivity contribution in [1.29, 1.82) is 0 Å². The third kappa shape index (κ3) is 3.39. The number of ether oxygens (including phenoxy) is 1. The van der Waals surface area contributed by atoms with Gasteiger partial charge >= 0.3 is 0 Å². The fourth-order valence-corrected chi connectivity index (χ4v) is 2.88. The lowest BCUT2D eigenvalue weighted by Crippen LogP contribution is -2.34. The Hall–Kier alpha value is -2.05. The van der Waals surface area contributed by atoms with Crippen LogP contribution in [0.2, 0.25) is 0 Å². The zero-order valence-corrected chi connectivity index (χ0v) is 14.8.